The van der Waals surface area contributed by atoms with Crippen LogP contribution < -0.4 is 0 Å². The fourth-order valence-corrected chi connectivity index (χ4v) is 3.31. The molecule has 0 rings (SSSR count). The van der Waals surface area contributed by atoms with Gasteiger partial charge in [-0.25, -0.2) is 0 Å². The molecule has 0 aromatic heterocycles. The van der Waals surface area contributed by atoms with Gasteiger partial charge in [0, 0.05) is 12.8 Å². The van der Waals surface area contributed by atoms with E-state index in [0.29, 0.717) is 12.8 Å². The van der Waals surface area contributed by atoms with Crippen molar-refractivity contribution in [3.63, 3.8) is 0 Å². The zero-order valence-corrected chi connectivity index (χ0v) is 22.3. The Hall–Kier alpha value is -2.14. The van der Waals surface area contributed by atoms with E-state index in [4.69, 9.17) is 9.47 Å². The van der Waals surface area contributed by atoms with E-state index in [-0.39, 0.29) is 25.2 Å². The molecule has 0 aliphatic carbocycles. The van der Waals surface area contributed by atoms with Gasteiger partial charge in [0.2, 0.25) is 0 Å². The number of aliphatic hydroxyl groups is 1. The van der Waals surface area contributed by atoms with Gasteiger partial charge in [-0.2, -0.15) is 0 Å². The van der Waals surface area contributed by atoms with E-state index in [1.165, 1.54) is 0 Å². The van der Waals surface area contributed by atoms with Crippen LogP contribution >= 0.6 is 0 Å². The Bertz CT molecular complexity index is 618. The van der Waals surface area contributed by atoms with Gasteiger partial charge in [-0.05, 0) is 51.4 Å². The van der Waals surface area contributed by atoms with Crippen LogP contribution in [0.2, 0.25) is 0 Å². The maximum Gasteiger partial charge on any atom is 0.306 e. The standard InChI is InChI=1S/C30H50O5/c1-3-5-7-9-10-11-12-13-14-15-16-17-18-19-20-21-23-25-30(33)35-28(26-31)27-34-29(32)24-22-8-6-4-2/h5,7,10-11,13-14,16-17,28,31H,3-4,6,8-9,12,15,18-27H2,1-2H3/b7-5-,11-10-,14-13-,17-16-. The number of aliphatic hydroxyl groups excluding tert-OH is 1. The lowest BCUT2D eigenvalue weighted by molar-refractivity contribution is -0.161. The maximum absolute atomic E-state index is 12.0. The SMILES string of the molecule is CC/C=C\C/C=C\C/C=C\C/C=C\CCCCCCC(=O)OC(CO)COC(=O)CCCCCC. The lowest BCUT2D eigenvalue weighted by Crippen LogP contribution is -2.28. The van der Waals surface area contributed by atoms with Crippen LogP contribution in [0.4, 0.5) is 0 Å². The smallest absolute Gasteiger partial charge is 0.306 e. The van der Waals surface area contributed by atoms with Crippen LogP contribution in [0.25, 0.3) is 0 Å². The Kier molecular flexibility index (Phi) is 24.8. The van der Waals surface area contributed by atoms with Crippen molar-refractivity contribution in [3.05, 3.63) is 48.6 Å². The number of carbonyl (C=O) groups is 2. The molecule has 200 valence electrons. The van der Waals surface area contributed by atoms with Crippen molar-refractivity contribution in [3.8, 4) is 0 Å². The molecule has 1 N–H and O–H groups in total. The van der Waals surface area contributed by atoms with E-state index in [9.17, 15) is 14.7 Å². The van der Waals surface area contributed by atoms with E-state index in [0.717, 1.165) is 83.5 Å². The minimum absolute atomic E-state index is 0.0796. The lowest BCUT2D eigenvalue weighted by Gasteiger charge is -2.15. The van der Waals surface area contributed by atoms with E-state index in [1.807, 2.05) is 0 Å². The van der Waals surface area contributed by atoms with E-state index >= 15 is 0 Å². The normalized spacial score (nSPS) is 12.9. The van der Waals surface area contributed by atoms with Crippen LogP contribution in [0, 0.1) is 0 Å². The number of hydrogen-bond donors (Lipinski definition) is 1. The molecule has 1 atom stereocenters. The summed E-state index contributed by atoms with van der Waals surface area (Å²) in [5.41, 5.74) is 0. The van der Waals surface area contributed by atoms with Crippen LogP contribution in [0.15, 0.2) is 48.6 Å². The first-order valence-electron chi connectivity index (χ1n) is 13.7. The average Bonchev–Trinajstić information content (AvgIpc) is 2.86. The minimum atomic E-state index is -0.778. The molecular formula is C30H50O5. The van der Waals surface area contributed by atoms with Gasteiger partial charge < -0.3 is 14.6 Å². The van der Waals surface area contributed by atoms with Crippen LogP contribution in [-0.2, 0) is 19.1 Å². The Morgan fingerprint density at radius 2 is 1.23 bits per heavy atom. The summed E-state index contributed by atoms with van der Waals surface area (Å²) in [5.74, 6) is -0.647. The maximum atomic E-state index is 12.0. The van der Waals surface area contributed by atoms with Gasteiger partial charge >= 0.3 is 11.9 Å². The van der Waals surface area contributed by atoms with E-state index in [1.54, 1.807) is 0 Å². The molecule has 0 fully saturated rings. The van der Waals surface area contributed by atoms with Crippen molar-refractivity contribution in [1.29, 1.82) is 0 Å². The van der Waals surface area contributed by atoms with E-state index < -0.39 is 6.10 Å². The van der Waals surface area contributed by atoms with Gasteiger partial charge in [0.05, 0.1) is 6.61 Å². The molecule has 5 heteroatoms. The summed E-state index contributed by atoms with van der Waals surface area (Å²) in [7, 11) is 0. The Labute approximate surface area is 214 Å². The molecule has 5 nitrogen and oxygen atoms in total. The molecule has 1 unspecified atom stereocenters. The number of rotatable bonds is 23. The summed E-state index contributed by atoms with van der Waals surface area (Å²) in [4.78, 5) is 23.7. The lowest BCUT2D eigenvalue weighted by atomic mass is 10.1. The van der Waals surface area contributed by atoms with Crippen molar-refractivity contribution in [2.45, 2.75) is 116 Å². The summed E-state index contributed by atoms with van der Waals surface area (Å²) >= 11 is 0. The van der Waals surface area contributed by atoms with E-state index in [2.05, 4.69) is 62.5 Å². The van der Waals surface area contributed by atoms with Crippen molar-refractivity contribution >= 4 is 11.9 Å². The quantitative estimate of drug-likeness (QED) is 0.0909. The molecule has 0 bridgehead atoms. The first kappa shape index (κ1) is 32.9. The highest BCUT2D eigenvalue weighted by atomic mass is 16.6. The molecule has 0 heterocycles. The van der Waals surface area contributed by atoms with Crippen molar-refractivity contribution in [2.75, 3.05) is 13.2 Å². The Morgan fingerprint density at radius 3 is 1.83 bits per heavy atom. The molecule has 0 radical (unpaired) electrons. The van der Waals surface area contributed by atoms with Gasteiger partial charge in [0.1, 0.15) is 6.61 Å². The number of hydrogen-bond acceptors (Lipinski definition) is 5. The van der Waals surface area contributed by atoms with Gasteiger partial charge in [-0.1, -0.05) is 94.6 Å². The Morgan fingerprint density at radius 1 is 0.686 bits per heavy atom. The summed E-state index contributed by atoms with van der Waals surface area (Å²) in [5, 5.41) is 9.37. The number of allylic oxidation sites excluding steroid dienone is 8. The van der Waals surface area contributed by atoms with Crippen LogP contribution in [0.3, 0.4) is 0 Å². The van der Waals surface area contributed by atoms with Crippen molar-refractivity contribution in [1.82, 2.24) is 0 Å². The molecular weight excluding hydrogens is 440 g/mol. The molecule has 0 saturated heterocycles. The second-order valence-corrected chi connectivity index (χ2v) is 8.74. The third kappa shape index (κ3) is 24.8. The van der Waals surface area contributed by atoms with Crippen LogP contribution in [-0.4, -0.2) is 36.4 Å². The Balaban J connectivity index is 3.67. The summed E-state index contributed by atoms with van der Waals surface area (Å²) in [6, 6.07) is 0. The van der Waals surface area contributed by atoms with Crippen LogP contribution in [0.5, 0.6) is 0 Å². The topological polar surface area (TPSA) is 72.8 Å². The molecule has 35 heavy (non-hydrogen) atoms. The fraction of sp³-hybridized carbons (Fsp3) is 0.667. The highest BCUT2D eigenvalue weighted by molar-refractivity contribution is 5.70. The average molecular weight is 491 g/mol. The number of ether oxygens (including phenoxy) is 2. The highest BCUT2D eigenvalue weighted by Gasteiger charge is 2.15. The molecule has 0 saturated carbocycles. The highest BCUT2D eigenvalue weighted by Crippen LogP contribution is 2.09. The number of unbranched alkanes of at least 4 members (excludes halogenated alkanes) is 7. The predicted molar refractivity (Wildman–Crippen MR) is 145 cm³/mol. The summed E-state index contributed by atoms with van der Waals surface area (Å²) in [6.07, 6.45) is 30.6. The van der Waals surface area contributed by atoms with Gasteiger partial charge in [-0.15, -0.1) is 0 Å². The van der Waals surface area contributed by atoms with Gasteiger partial charge in [0.15, 0.2) is 6.10 Å². The summed E-state index contributed by atoms with van der Waals surface area (Å²) in [6.45, 7) is 3.84. The third-order valence-corrected chi connectivity index (χ3v) is 5.39. The number of carbonyl (C=O) groups excluding carboxylic acids is 2. The molecule has 0 aliphatic rings. The van der Waals surface area contributed by atoms with Crippen molar-refractivity contribution in [2.24, 2.45) is 0 Å². The second-order valence-electron chi connectivity index (χ2n) is 8.74. The number of esters is 2. The first-order valence-corrected chi connectivity index (χ1v) is 13.7. The van der Waals surface area contributed by atoms with Gasteiger partial charge in [0.25, 0.3) is 0 Å². The molecule has 0 amide bonds. The predicted octanol–water partition coefficient (Wildman–Crippen LogP) is 7.55. The molecule has 0 aromatic rings. The van der Waals surface area contributed by atoms with Crippen molar-refractivity contribution < 1.29 is 24.2 Å². The first-order chi connectivity index (χ1) is 17.1. The molecule has 0 spiro atoms. The van der Waals surface area contributed by atoms with Gasteiger partial charge in [-0.3, -0.25) is 9.59 Å². The minimum Gasteiger partial charge on any atom is -0.462 e. The van der Waals surface area contributed by atoms with Crippen LogP contribution in [0.1, 0.15) is 110 Å². The fourth-order valence-electron chi connectivity index (χ4n) is 3.31. The zero-order valence-electron chi connectivity index (χ0n) is 22.3. The zero-order chi connectivity index (χ0) is 25.8. The largest absolute Gasteiger partial charge is 0.462 e. The second kappa shape index (κ2) is 26.5. The summed E-state index contributed by atoms with van der Waals surface area (Å²) < 4.78 is 10.4. The molecule has 0 aliphatic heterocycles. The third-order valence-electron chi connectivity index (χ3n) is 5.39. The monoisotopic (exact) mass is 490 g/mol. The molecule has 0 aromatic carbocycles.